The second-order valence-electron chi connectivity index (χ2n) is 5.48. The Hall–Kier alpha value is -1.81. The summed E-state index contributed by atoms with van der Waals surface area (Å²) in [5, 5.41) is 0. The molecule has 0 aromatic heterocycles. The lowest BCUT2D eigenvalue weighted by atomic mass is 10.0. The summed E-state index contributed by atoms with van der Waals surface area (Å²) in [5.74, 6) is 0.729. The first-order valence-corrected chi connectivity index (χ1v) is 8.21. The summed E-state index contributed by atoms with van der Waals surface area (Å²) < 4.78 is 6.70. The summed E-state index contributed by atoms with van der Waals surface area (Å²) in [6, 6.07) is 13.8. The molecule has 0 N–H and O–H groups in total. The Kier molecular flexibility index (Phi) is 4.48. The molecule has 1 heterocycles. The van der Waals surface area contributed by atoms with Crippen molar-refractivity contribution in [2.24, 2.45) is 0 Å². The molecule has 0 saturated heterocycles. The first-order valence-electron chi connectivity index (χ1n) is 7.42. The van der Waals surface area contributed by atoms with Crippen molar-refractivity contribution in [2.45, 2.75) is 19.8 Å². The van der Waals surface area contributed by atoms with E-state index in [1.165, 1.54) is 5.56 Å². The van der Waals surface area contributed by atoms with Crippen LogP contribution in [0.3, 0.4) is 0 Å². The highest BCUT2D eigenvalue weighted by Gasteiger charge is 2.22. The van der Waals surface area contributed by atoms with Gasteiger partial charge in [-0.05, 0) is 55.2 Å². The minimum absolute atomic E-state index is 0.00715. The second-order valence-corrected chi connectivity index (χ2v) is 6.33. The van der Waals surface area contributed by atoms with E-state index in [4.69, 9.17) is 4.74 Å². The van der Waals surface area contributed by atoms with Crippen LogP contribution in [-0.4, -0.2) is 19.1 Å². The Balaban J connectivity index is 1.69. The van der Waals surface area contributed by atoms with Crippen molar-refractivity contribution in [3.8, 4) is 5.75 Å². The van der Waals surface area contributed by atoms with E-state index < -0.39 is 0 Å². The first kappa shape index (κ1) is 15.1. The largest absolute Gasteiger partial charge is 0.484 e. The smallest absolute Gasteiger partial charge is 0.264 e. The Morgan fingerprint density at radius 3 is 2.91 bits per heavy atom. The zero-order valence-electron chi connectivity index (χ0n) is 12.5. The van der Waals surface area contributed by atoms with Crippen LogP contribution in [0.4, 0.5) is 5.69 Å². The quantitative estimate of drug-likeness (QED) is 0.824. The standard InChI is InChI=1S/C18H18BrNO2/c1-13-11-15(8-9-16(13)19)22-12-18(21)20-10-4-6-14-5-2-3-7-17(14)20/h2-3,5,7-9,11H,4,6,10,12H2,1H3. The van der Waals surface area contributed by atoms with E-state index in [9.17, 15) is 4.79 Å². The molecule has 0 spiro atoms. The molecular formula is C18H18BrNO2. The normalized spacial score (nSPS) is 13.6. The molecule has 2 aromatic carbocycles. The molecule has 1 aliphatic rings. The number of nitrogens with zero attached hydrogens (tertiary/aromatic N) is 1. The van der Waals surface area contributed by atoms with Gasteiger partial charge in [-0.2, -0.15) is 0 Å². The van der Waals surface area contributed by atoms with Gasteiger partial charge in [-0.15, -0.1) is 0 Å². The van der Waals surface area contributed by atoms with Gasteiger partial charge >= 0.3 is 0 Å². The highest BCUT2D eigenvalue weighted by atomic mass is 79.9. The van der Waals surface area contributed by atoms with Crippen LogP contribution >= 0.6 is 15.9 Å². The Morgan fingerprint density at radius 1 is 1.27 bits per heavy atom. The van der Waals surface area contributed by atoms with Crippen molar-refractivity contribution in [3.05, 3.63) is 58.1 Å². The molecule has 3 nitrogen and oxygen atoms in total. The Labute approximate surface area is 139 Å². The van der Waals surface area contributed by atoms with Crippen LogP contribution in [0.15, 0.2) is 46.9 Å². The number of benzene rings is 2. The van der Waals surface area contributed by atoms with E-state index in [1.54, 1.807) is 0 Å². The number of halogens is 1. The lowest BCUT2D eigenvalue weighted by molar-refractivity contribution is -0.120. The monoisotopic (exact) mass is 359 g/mol. The molecule has 3 rings (SSSR count). The molecule has 0 unspecified atom stereocenters. The maximum Gasteiger partial charge on any atom is 0.264 e. The predicted molar refractivity (Wildman–Crippen MR) is 91.5 cm³/mol. The molecule has 1 amide bonds. The molecule has 0 fully saturated rings. The van der Waals surface area contributed by atoms with Crippen LogP contribution in [0.5, 0.6) is 5.75 Å². The molecule has 0 aliphatic carbocycles. The third-order valence-corrected chi connectivity index (χ3v) is 4.79. The predicted octanol–water partition coefficient (Wildman–Crippen LogP) is 4.12. The van der Waals surface area contributed by atoms with Gasteiger partial charge in [-0.25, -0.2) is 0 Å². The summed E-state index contributed by atoms with van der Waals surface area (Å²) in [5.41, 5.74) is 3.35. The Bertz CT molecular complexity index is 699. The van der Waals surface area contributed by atoms with Gasteiger partial charge in [0, 0.05) is 16.7 Å². The average molecular weight is 360 g/mol. The molecule has 0 radical (unpaired) electrons. The van der Waals surface area contributed by atoms with Gasteiger partial charge in [-0.3, -0.25) is 4.79 Å². The minimum atomic E-state index is 0.00715. The summed E-state index contributed by atoms with van der Waals surface area (Å²) in [6.45, 7) is 2.83. The fraction of sp³-hybridized carbons (Fsp3) is 0.278. The van der Waals surface area contributed by atoms with E-state index >= 15 is 0 Å². The van der Waals surface area contributed by atoms with E-state index in [0.717, 1.165) is 40.9 Å². The number of para-hydroxylation sites is 1. The number of carbonyl (C=O) groups excluding carboxylic acids is 1. The number of anilines is 1. The zero-order chi connectivity index (χ0) is 15.5. The SMILES string of the molecule is Cc1cc(OCC(=O)N2CCCc3ccccc32)ccc1Br. The van der Waals surface area contributed by atoms with Gasteiger partial charge in [-0.1, -0.05) is 34.1 Å². The topological polar surface area (TPSA) is 29.5 Å². The summed E-state index contributed by atoms with van der Waals surface area (Å²) in [6.07, 6.45) is 2.03. The van der Waals surface area contributed by atoms with E-state index in [2.05, 4.69) is 22.0 Å². The fourth-order valence-electron chi connectivity index (χ4n) is 2.72. The number of rotatable bonds is 3. The second kappa shape index (κ2) is 6.53. The molecule has 1 aliphatic heterocycles. The van der Waals surface area contributed by atoms with Crippen molar-refractivity contribution < 1.29 is 9.53 Å². The van der Waals surface area contributed by atoms with Crippen LogP contribution in [0, 0.1) is 6.92 Å². The molecule has 0 bridgehead atoms. The summed E-state index contributed by atoms with van der Waals surface area (Å²) in [4.78, 5) is 14.3. The number of amides is 1. The minimum Gasteiger partial charge on any atom is -0.484 e. The molecule has 114 valence electrons. The summed E-state index contributed by atoms with van der Waals surface area (Å²) in [7, 11) is 0. The first-order chi connectivity index (χ1) is 10.6. The molecule has 4 heteroatoms. The number of ether oxygens (including phenoxy) is 1. The van der Waals surface area contributed by atoms with E-state index in [1.807, 2.05) is 48.2 Å². The van der Waals surface area contributed by atoms with Gasteiger partial charge in [0.05, 0.1) is 0 Å². The Morgan fingerprint density at radius 2 is 2.09 bits per heavy atom. The third-order valence-electron chi connectivity index (χ3n) is 3.90. The van der Waals surface area contributed by atoms with Gasteiger partial charge in [0.15, 0.2) is 6.61 Å². The zero-order valence-corrected chi connectivity index (χ0v) is 14.1. The molecule has 0 saturated carbocycles. The molecule has 22 heavy (non-hydrogen) atoms. The highest BCUT2D eigenvalue weighted by Crippen LogP contribution is 2.27. The van der Waals surface area contributed by atoms with Gasteiger partial charge < -0.3 is 9.64 Å². The van der Waals surface area contributed by atoms with Crippen LogP contribution in [-0.2, 0) is 11.2 Å². The number of hydrogen-bond acceptors (Lipinski definition) is 2. The highest BCUT2D eigenvalue weighted by molar-refractivity contribution is 9.10. The van der Waals surface area contributed by atoms with Crippen LogP contribution < -0.4 is 9.64 Å². The summed E-state index contributed by atoms with van der Waals surface area (Å²) >= 11 is 3.46. The van der Waals surface area contributed by atoms with Crippen molar-refractivity contribution in [1.82, 2.24) is 0 Å². The van der Waals surface area contributed by atoms with Crippen LogP contribution in [0.2, 0.25) is 0 Å². The van der Waals surface area contributed by atoms with Gasteiger partial charge in [0.25, 0.3) is 5.91 Å². The van der Waals surface area contributed by atoms with E-state index in [0.29, 0.717) is 0 Å². The van der Waals surface area contributed by atoms with Gasteiger partial charge in [0.1, 0.15) is 5.75 Å². The average Bonchev–Trinajstić information content (AvgIpc) is 2.55. The molecular weight excluding hydrogens is 342 g/mol. The molecule has 0 atom stereocenters. The van der Waals surface area contributed by atoms with Crippen LogP contribution in [0.1, 0.15) is 17.5 Å². The van der Waals surface area contributed by atoms with Crippen molar-refractivity contribution in [3.63, 3.8) is 0 Å². The fourth-order valence-corrected chi connectivity index (χ4v) is 2.97. The number of hydrogen-bond donors (Lipinski definition) is 0. The van der Waals surface area contributed by atoms with Crippen LogP contribution in [0.25, 0.3) is 0 Å². The number of fused-ring (bicyclic) bond motifs is 1. The van der Waals surface area contributed by atoms with E-state index in [-0.39, 0.29) is 12.5 Å². The number of carbonyl (C=O) groups is 1. The van der Waals surface area contributed by atoms with Crippen molar-refractivity contribution in [2.75, 3.05) is 18.1 Å². The van der Waals surface area contributed by atoms with Gasteiger partial charge in [0.2, 0.25) is 0 Å². The molecule has 2 aromatic rings. The van der Waals surface area contributed by atoms with Crippen molar-refractivity contribution in [1.29, 1.82) is 0 Å². The number of aryl methyl sites for hydroxylation is 2. The third kappa shape index (κ3) is 3.17. The maximum absolute atomic E-state index is 12.5. The lowest BCUT2D eigenvalue weighted by Gasteiger charge is -2.29. The maximum atomic E-state index is 12.5. The van der Waals surface area contributed by atoms with Crippen molar-refractivity contribution >= 4 is 27.5 Å². The lowest BCUT2D eigenvalue weighted by Crippen LogP contribution is -2.38.